The van der Waals surface area contributed by atoms with Crippen LogP contribution in [-0.2, 0) is 24.3 Å². The van der Waals surface area contributed by atoms with Crippen molar-refractivity contribution in [1.29, 1.82) is 0 Å². The third-order valence-electron chi connectivity index (χ3n) is 6.19. The van der Waals surface area contributed by atoms with Crippen molar-refractivity contribution in [2.24, 2.45) is 0 Å². The number of H-pyrrole nitrogens is 1. The van der Waals surface area contributed by atoms with Gasteiger partial charge < -0.3 is 4.90 Å². The third-order valence-corrected chi connectivity index (χ3v) is 6.19. The zero-order chi connectivity index (χ0) is 19.1. The van der Waals surface area contributed by atoms with Gasteiger partial charge in [-0.2, -0.15) is 10.2 Å². The molecule has 1 amide bonds. The summed E-state index contributed by atoms with van der Waals surface area (Å²) in [6, 6.07) is 0. The highest BCUT2D eigenvalue weighted by Crippen LogP contribution is 2.38. The van der Waals surface area contributed by atoms with E-state index in [9.17, 15) is 9.59 Å². The molecule has 3 aliphatic rings. The first-order valence-corrected chi connectivity index (χ1v) is 10.6. The zero-order valence-corrected chi connectivity index (χ0v) is 16.1. The van der Waals surface area contributed by atoms with Crippen LogP contribution < -0.4 is 5.69 Å². The number of piperidine rings is 1. The molecule has 1 N–H and O–H groups in total. The molecule has 28 heavy (non-hydrogen) atoms. The maximum absolute atomic E-state index is 12.9. The van der Waals surface area contributed by atoms with Crippen LogP contribution in [0.3, 0.4) is 0 Å². The number of amides is 1. The molecule has 0 spiro atoms. The smallest absolute Gasteiger partial charge is 0.340 e. The van der Waals surface area contributed by atoms with Crippen molar-refractivity contribution in [3.63, 3.8) is 0 Å². The van der Waals surface area contributed by atoms with Gasteiger partial charge in [0.1, 0.15) is 18.2 Å². The molecule has 1 aliphatic carbocycles. The molecule has 0 unspecified atom stereocenters. The molecule has 9 heteroatoms. The van der Waals surface area contributed by atoms with E-state index in [4.69, 9.17) is 0 Å². The highest BCUT2D eigenvalue weighted by atomic mass is 16.2. The lowest BCUT2D eigenvalue weighted by molar-refractivity contribution is -0.133. The number of rotatable bonds is 4. The Bertz CT molecular complexity index is 923. The molecule has 1 atom stereocenters. The Morgan fingerprint density at radius 1 is 1.07 bits per heavy atom. The quantitative estimate of drug-likeness (QED) is 0.851. The molecule has 4 heterocycles. The number of aromatic nitrogens is 6. The molecule has 0 radical (unpaired) electrons. The van der Waals surface area contributed by atoms with Gasteiger partial charge in [-0.1, -0.05) is 6.42 Å². The minimum Gasteiger partial charge on any atom is -0.340 e. The molecule has 5 rings (SSSR count). The van der Waals surface area contributed by atoms with Gasteiger partial charge >= 0.3 is 5.69 Å². The van der Waals surface area contributed by atoms with Crippen LogP contribution in [-0.4, -0.2) is 53.4 Å². The number of fused-ring (bicyclic) bond motifs is 1. The number of carbonyl (C=O) groups excluding carboxylic acids is 1. The summed E-state index contributed by atoms with van der Waals surface area (Å²) in [4.78, 5) is 32.0. The van der Waals surface area contributed by atoms with E-state index in [0.29, 0.717) is 19.0 Å². The van der Waals surface area contributed by atoms with Crippen molar-refractivity contribution in [3.05, 3.63) is 28.0 Å². The lowest BCUT2D eigenvalue weighted by atomic mass is 9.97. The Morgan fingerprint density at radius 2 is 1.96 bits per heavy atom. The predicted molar refractivity (Wildman–Crippen MR) is 101 cm³/mol. The van der Waals surface area contributed by atoms with Gasteiger partial charge in [-0.15, -0.1) is 0 Å². The van der Waals surface area contributed by atoms with E-state index in [0.717, 1.165) is 62.5 Å². The molecule has 2 aromatic rings. The first-order chi connectivity index (χ1) is 13.7. The van der Waals surface area contributed by atoms with Crippen molar-refractivity contribution < 1.29 is 4.79 Å². The monoisotopic (exact) mass is 385 g/mol. The van der Waals surface area contributed by atoms with Crippen LogP contribution in [0.4, 0.5) is 0 Å². The van der Waals surface area contributed by atoms with Gasteiger partial charge in [0.15, 0.2) is 5.82 Å². The molecule has 1 saturated carbocycles. The first kappa shape index (κ1) is 17.6. The minimum absolute atomic E-state index is 0.0207. The lowest BCUT2D eigenvalue weighted by Crippen LogP contribution is -2.42. The second-order valence-corrected chi connectivity index (χ2v) is 8.35. The standard InChI is InChI=1S/C19H27N7O2/c27-16(12-26-19(28)25-10-3-1-2-6-15(25)23-26)24-9-4-5-14(11-24)18-20-17(21-22-18)13-7-8-13/h13-14H,1-12H2,(H,20,21,22)/t14-/m0/s1. The maximum Gasteiger partial charge on any atom is 0.346 e. The molecule has 0 bridgehead atoms. The largest absolute Gasteiger partial charge is 0.346 e. The Kier molecular flexibility index (Phi) is 4.52. The van der Waals surface area contributed by atoms with E-state index in [1.807, 2.05) is 4.90 Å². The number of aromatic amines is 1. The summed E-state index contributed by atoms with van der Waals surface area (Å²) in [6.45, 7) is 2.07. The molecular formula is C19H27N7O2. The first-order valence-electron chi connectivity index (χ1n) is 10.6. The van der Waals surface area contributed by atoms with Crippen LogP contribution in [0, 0.1) is 0 Å². The summed E-state index contributed by atoms with van der Waals surface area (Å²) in [7, 11) is 0. The fraction of sp³-hybridized carbons (Fsp3) is 0.737. The fourth-order valence-corrected chi connectivity index (χ4v) is 4.38. The number of nitrogens with zero attached hydrogens (tertiary/aromatic N) is 6. The SMILES string of the molecule is O=C(Cn1nc2n(c1=O)CCCCC2)N1CCC[C@H](c2n[nH]c(C3CC3)n2)C1. The van der Waals surface area contributed by atoms with Crippen LogP contribution in [0.25, 0.3) is 0 Å². The van der Waals surface area contributed by atoms with Crippen molar-refractivity contribution in [2.45, 2.75) is 76.3 Å². The van der Waals surface area contributed by atoms with Gasteiger partial charge in [-0.3, -0.25) is 14.5 Å². The minimum atomic E-state index is -0.151. The van der Waals surface area contributed by atoms with Gasteiger partial charge in [-0.05, 0) is 38.5 Å². The average molecular weight is 385 g/mol. The Morgan fingerprint density at radius 3 is 2.82 bits per heavy atom. The Hall–Kier alpha value is -2.45. The van der Waals surface area contributed by atoms with Crippen molar-refractivity contribution >= 4 is 5.91 Å². The lowest BCUT2D eigenvalue weighted by Gasteiger charge is -2.31. The Balaban J connectivity index is 1.26. The van der Waals surface area contributed by atoms with Gasteiger partial charge in [0, 0.05) is 37.9 Å². The molecule has 1 saturated heterocycles. The second-order valence-electron chi connectivity index (χ2n) is 8.35. The van der Waals surface area contributed by atoms with Gasteiger partial charge in [-0.25, -0.2) is 14.5 Å². The molecular weight excluding hydrogens is 358 g/mol. The second kappa shape index (κ2) is 7.18. The van der Waals surface area contributed by atoms with E-state index >= 15 is 0 Å². The highest BCUT2D eigenvalue weighted by Gasteiger charge is 2.31. The van der Waals surface area contributed by atoms with Crippen LogP contribution in [0.5, 0.6) is 0 Å². The number of carbonyl (C=O) groups is 1. The topological polar surface area (TPSA) is 102 Å². The molecule has 9 nitrogen and oxygen atoms in total. The summed E-state index contributed by atoms with van der Waals surface area (Å²) in [5, 5.41) is 11.9. The van der Waals surface area contributed by atoms with E-state index in [1.54, 1.807) is 4.57 Å². The molecule has 0 aromatic carbocycles. The number of likely N-dealkylation sites (tertiary alicyclic amines) is 1. The van der Waals surface area contributed by atoms with Crippen molar-refractivity contribution in [2.75, 3.05) is 13.1 Å². The molecule has 2 aliphatic heterocycles. The van der Waals surface area contributed by atoms with E-state index in [-0.39, 0.29) is 24.1 Å². The van der Waals surface area contributed by atoms with Crippen molar-refractivity contribution in [3.8, 4) is 0 Å². The molecule has 2 aromatic heterocycles. The number of hydrogen-bond acceptors (Lipinski definition) is 5. The van der Waals surface area contributed by atoms with Gasteiger partial charge in [0.05, 0.1) is 0 Å². The van der Waals surface area contributed by atoms with E-state index in [1.165, 1.54) is 17.5 Å². The number of hydrogen-bond donors (Lipinski definition) is 1. The van der Waals surface area contributed by atoms with E-state index < -0.39 is 0 Å². The van der Waals surface area contributed by atoms with Crippen LogP contribution in [0.1, 0.15) is 74.3 Å². The maximum atomic E-state index is 12.9. The van der Waals surface area contributed by atoms with Crippen molar-refractivity contribution in [1.82, 2.24) is 34.4 Å². The molecule has 150 valence electrons. The van der Waals surface area contributed by atoms with Crippen LogP contribution in [0.2, 0.25) is 0 Å². The predicted octanol–water partition coefficient (Wildman–Crippen LogP) is 1.17. The number of nitrogens with one attached hydrogen (secondary N) is 1. The molecule has 2 fully saturated rings. The summed E-state index contributed by atoms with van der Waals surface area (Å²) in [6.07, 6.45) is 8.29. The summed E-state index contributed by atoms with van der Waals surface area (Å²) < 4.78 is 3.09. The van der Waals surface area contributed by atoms with Crippen LogP contribution in [0.15, 0.2) is 4.79 Å². The summed E-state index contributed by atoms with van der Waals surface area (Å²) >= 11 is 0. The number of aryl methyl sites for hydroxylation is 1. The van der Waals surface area contributed by atoms with Crippen LogP contribution >= 0.6 is 0 Å². The third kappa shape index (κ3) is 3.38. The van der Waals surface area contributed by atoms with Gasteiger partial charge in [0.25, 0.3) is 0 Å². The van der Waals surface area contributed by atoms with Gasteiger partial charge in [0.2, 0.25) is 5.91 Å². The normalized spacial score (nSPS) is 22.7. The summed E-state index contributed by atoms with van der Waals surface area (Å²) in [5.74, 6) is 3.30. The summed E-state index contributed by atoms with van der Waals surface area (Å²) in [5.41, 5.74) is -0.151. The van der Waals surface area contributed by atoms with E-state index in [2.05, 4.69) is 20.3 Å². The average Bonchev–Trinajstić information content (AvgIpc) is 3.43. The highest BCUT2D eigenvalue weighted by molar-refractivity contribution is 5.76. The Labute approximate surface area is 163 Å². The zero-order valence-electron chi connectivity index (χ0n) is 16.1. The fourth-order valence-electron chi connectivity index (χ4n) is 4.38.